The van der Waals surface area contributed by atoms with Crippen LogP contribution in [0, 0.1) is 0 Å². The van der Waals surface area contributed by atoms with Crippen LogP contribution < -0.4 is 5.32 Å². The molecule has 0 aliphatic carbocycles. The Morgan fingerprint density at radius 2 is 1.94 bits per heavy atom. The van der Waals surface area contributed by atoms with Crippen molar-refractivity contribution in [2.24, 2.45) is 4.99 Å². The van der Waals surface area contributed by atoms with E-state index in [2.05, 4.69) is 31.1 Å². The number of aliphatic imine (C=N–C) groups is 1. The highest BCUT2D eigenvalue weighted by Gasteiger charge is 2.08. The Bertz CT molecular complexity index is 378. The lowest BCUT2D eigenvalue weighted by Gasteiger charge is -2.21. The highest BCUT2D eigenvalue weighted by atomic mass is 35.5. The van der Waals surface area contributed by atoms with Gasteiger partial charge in [0, 0.05) is 10.6 Å². The lowest BCUT2D eigenvalue weighted by atomic mass is 10.1. The lowest BCUT2D eigenvalue weighted by Crippen LogP contribution is -2.39. The lowest BCUT2D eigenvalue weighted by molar-refractivity contribution is 0.509. The molecule has 3 heteroatoms. The summed E-state index contributed by atoms with van der Waals surface area (Å²) in [5.74, 6) is 0.937. The predicted octanol–water partition coefficient (Wildman–Crippen LogP) is 3.65. The van der Waals surface area contributed by atoms with E-state index in [0.717, 1.165) is 16.4 Å². The number of hydrogen-bond acceptors (Lipinski definition) is 1. The van der Waals surface area contributed by atoms with E-state index in [1.54, 1.807) is 0 Å². The van der Waals surface area contributed by atoms with Gasteiger partial charge in [-0.2, -0.15) is 0 Å². The number of amidine groups is 1. The van der Waals surface area contributed by atoms with E-state index in [4.69, 9.17) is 11.6 Å². The van der Waals surface area contributed by atoms with Gasteiger partial charge in [0.15, 0.2) is 0 Å². The number of halogens is 1. The minimum Gasteiger partial charge on any atom is -0.369 e. The third-order valence-corrected chi connectivity index (χ3v) is 2.37. The van der Waals surface area contributed by atoms with Crippen LogP contribution >= 0.6 is 11.6 Å². The van der Waals surface area contributed by atoms with Gasteiger partial charge in [-0.15, -0.1) is 0 Å². The second-order valence-electron chi connectivity index (χ2n) is 4.87. The maximum atomic E-state index is 6.05. The van der Waals surface area contributed by atoms with Crippen LogP contribution in [0.15, 0.2) is 29.3 Å². The molecule has 0 spiro atoms. The molecule has 0 atom stereocenters. The summed E-state index contributed by atoms with van der Waals surface area (Å²) in [4.78, 5) is 4.46. The zero-order valence-electron chi connectivity index (χ0n) is 10.3. The summed E-state index contributed by atoms with van der Waals surface area (Å²) < 4.78 is 0. The van der Waals surface area contributed by atoms with Crippen molar-refractivity contribution in [1.82, 2.24) is 5.32 Å². The van der Waals surface area contributed by atoms with Gasteiger partial charge in [0.2, 0.25) is 0 Å². The van der Waals surface area contributed by atoms with Gasteiger partial charge in [0.1, 0.15) is 0 Å². The fourth-order valence-corrected chi connectivity index (χ4v) is 1.61. The summed E-state index contributed by atoms with van der Waals surface area (Å²) in [5, 5.41) is 4.09. The summed E-state index contributed by atoms with van der Waals surface area (Å²) in [7, 11) is 0. The molecule has 16 heavy (non-hydrogen) atoms. The monoisotopic (exact) mass is 238 g/mol. The molecule has 0 aliphatic rings. The normalized spacial score (nSPS) is 12.7. The number of rotatable bonds is 2. The van der Waals surface area contributed by atoms with E-state index in [0.29, 0.717) is 6.54 Å². The second-order valence-corrected chi connectivity index (χ2v) is 5.28. The Balaban J connectivity index is 2.63. The molecule has 0 heterocycles. The number of hydrogen-bond donors (Lipinski definition) is 1. The third kappa shape index (κ3) is 4.67. The average Bonchev–Trinajstić information content (AvgIpc) is 2.14. The van der Waals surface area contributed by atoms with Crippen molar-refractivity contribution in [3.8, 4) is 0 Å². The van der Waals surface area contributed by atoms with Crippen LogP contribution in [0.5, 0.6) is 0 Å². The zero-order valence-corrected chi connectivity index (χ0v) is 11.1. The first-order valence-corrected chi connectivity index (χ1v) is 5.79. The van der Waals surface area contributed by atoms with Crippen molar-refractivity contribution in [3.05, 3.63) is 34.9 Å². The highest BCUT2D eigenvalue weighted by molar-refractivity contribution is 6.31. The van der Waals surface area contributed by atoms with Crippen molar-refractivity contribution >= 4 is 17.4 Å². The van der Waals surface area contributed by atoms with E-state index >= 15 is 0 Å². The largest absolute Gasteiger partial charge is 0.369 e. The smallest absolute Gasteiger partial charge is 0.0939 e. The second kappa shape index (κ2) is 5.35. The van der Waals surface area contributed by atoms with Crippen LogP contribution in [0.4, 0.5) is 0 Å². The van der Waals surface area contributed by atoms with Crippen LogP contribution in [0.2, 0.25) is 5.02 Å². The maximum Gasteiger partial charge on any atom is 0.0939 e. The zero-order chi connectivity index (χ0) is 12.2. The molecule has 0 unspecified atom stereocenters. The molecule has 0 saturated heterocycles. The number of benzene rings is 1. The Morgan fingerprint density at radius 1 is 1.31 bits per heavy atom. The van der Waals surface area contributed by atoms with Gasteiger partial charge in [0.05, 0.1) is 12.4 Å². The Kier molecular flexibility index (Phi) is 4.36. The van der Waals surface area contributed by atoms with Gasteiger partial charge in [-0.3, -0.25) is 4.99 Å². The summed E-state index contributed by atoms with van der Waals surface area (Å²) in [6, 6.07) is 7.79. The van der Waals surface area contributed by atoms with Gasteiger partial charge >= 0.3 is 0 Å². The first-order chi connectivity index (χ1) is 7.38. The van der Waals surface area contributed by atoms with E-state index in [1.807, 2.05) is 31.2 Å². The molecule has 1 aromatic carbocycles. The fraction of sp³-hybridized carbons (Fsp3) is 0.462. The number of nitrogens with zero attached hydrogens (tertiary/aromatic N) is 1. The van der Waals surface area contributed by atoms with E-state index in [-0.39, 0.29) is 5.54 Å². The van der Waals surface area contributed by atoms with Crippen LogP contribution in [-0.4, -0.2) is 11.4 Å². The van der Waals surface area contributed by atoms with Crippen LogP contribution in [0.1, 0.15) is 33.3 Å². The molecule has 1 N–H and O–H groups in total. The van der Waals surface area contributed by atoms with Gasteiger partial charge in [-0.1, -0.05) is 29.8 Å². The van der Waals surface area contributed by atoms with Gasteiger partial charge in [-0.05, 0) is 39.3 Å². The molecule has 0 bridgehead atoms. The third-order valence-electron chi connectivity index (χ3n) is 2.00. The van der Waals surface area contributed by atoms with Crippen molar-refractivity contribution in [1.29, 1.82) is 0 Å². The van der Waals surface area contributed by atoms with Crippen molar-refractivity contribution in [2.75, 3.05) is 0 Å². The van der Waals surface area contributed by atoms with E-state index < -0.39 is 0 Å². The highest BCUT2D eigenvalue weighted by Crippen LogP contribution is 2.15. The first kappa shape index (κ1) is 13.0. The molecule has 88 valence electrons. The summed E-state index contributed by atoms with van der Waals surface area (Å²) in [5.41, 5.74) is 1.10. The van der Waals surface area contributed by atoms with E-state index in [9.17, 15) is 0 Å². The van der Waals surface area contributed by atoms with Crippen molar-refractivity contribution in [3.63, 3.8) is 0 Å². The molecule has 1 rings (SSSR count). The van der Waals surface area contributed by atoms with Crippen LogP contribution in [0.25, 0.3) is 0 Å². The standard InChI is InChI=1S/C13H19ClN2/c1-10(16-13(2,3)4)15-9-11-7-5-6-8-12(11)14/h5-8H,9H2,1-4H3,(H,15,16). The molecular weight excluding hydrogens is 220 g/mol. The molecule has 0 radical (unpaired) electrons. The summed E-state index contributed by atoms with van der Waals surface area (Å²) >= 11 is 6.05. The summed E-state index contributed by atoms with van der Waals surface area (Å²) in [6.45, 7) is 8.93. The molecule has 2 nitrogen and oxygen atoms in total. The molecule has 0 aliphatic heterocycles. The minimum atomic E-state index is 0.0497. The van der Waals surface area contributed by atoms with Gasteiger partial charge < -0.3 is 5.32 Å². The fourth-order valence-electron chi connectivity index (χ4n) is 1.41. The average molecular weight is 239 g/mol. The topological polar surface area (TPSA) is 24.4 Å². The molecule has 0 fully saturated rings. The van der Waals surface area contributed by atoms with Crippen LogP contribution in [0.3, 0.4) is 0 Å². The van der Waals surface area contributed by atoms with Crippen molar-refractivity contribution in [2.45, 2.75) is 39.8 Å². The molecule has 0 saturated carbocycles. The van der Waals surface area contributed by atoms with Crippen molar-refractivity contribution < 1.29 is 0 Å². The predicted molar refractivity (Wildman–Crippen MR) is 71.2 cm³/mol. The number of nitrogens with one attached hydrogen (secondary N) is 1. The van der Waals surface area contributed by atoms with Crippen LogP contribution in [-0.2, 0) is 6.54 Å². The molecule has 0 amide bonds. The van der Waals surface area contributed by atoms with Gasteiger partial charge in [0.25, 0.3) is 0 Å². The maximum absolute atomic E-state index is 6.05. The quantitative estimate of drug-likeness (QED) is 0.617. The first-order valence-electron chi connectivity index (χ1n) is 5.41. The molecule has 1 aromatic rings. The Hall–Kier alpha value is -1.02. The van der Waals surface area contributed by atoms with E-state index in [1.165, 1.54) is 0 Å². The molecular formula is C13H19ClN2. The summed E-state index contributed by atoms with van der Waals surface area (Å²) in [6.07, 6.45) is 0. The Morgan fingerprint density at radius 3 is 2.50 bits per heavy atom. The SMILES string of the molecule is CC(=NCc1ccccc1Cl)NC(C)(C)C. The Labute approximate surface area is 103 Å². The molecule has 0 aromatic heterocycles. The minimum absolute atomic E-state index is 0.0497. The van der Waals surface area contributed by atoms with Gasteiger partial charge in [-0.25, -0.2) is 0 Å².